The highest BCUT2D eigenvalue weighted by atomic mass is 79.9. The van der Waals surface area contributed by atoms with Crippen molar-refractivity contribution in [3.8, 4) is 0 Å². The first kappa shape index (κ1) is 16.6. The number of aromatic amines is 1. The van der Waals surface area contributed by atoms with Gasteiger partial charge in [0.2, 0.25) is 0 Å². The summed E-state index contributed by atoms with van der Waals surface area (Å²) in [5.74, 6) is -0.0986. The number of nitrogens with one attached hydrogen (secondary N) is 2. The number of benzene rings is 1. The van der Waals surface area contributed by atoms with Crippen LogP contribution >= 0.6 is 27.7 Å². The Hall–Kier alpha value is -1.73. The summed E-state index contributed by atoms with van der Waals surface area (Å²) in [5, 5.41) is 2.71. The summed E-state index contributed by atoms with van der Waals surface area (Å²) in [4.78, 5) is 26.9. The molecule has 0 aliphatic carbocycles. The zero-order valence-corrected chi connectivity index (χ0v) is 14.1. The van der Waals surface area contributed by atoms with E-state index in [1.54, 1.807) is 30.1 Å². The normalized spacial score (nSPS) is 10.2. The highest BCUT2D eigenvalue weighted by Gasteiger charge is 2.10. The van der Waals surface area contributed by atoms with Crippen molar-refractivity contribution in [1.82, 2.24) is 10.3 Å². The number of rotatable bonds is 7. The molecule has 0 spiro atoms. The van der Waals surface area contributed by atoms with Crippen molar-refractivity contribution in [2.75, 3.05) is 18.9 Å². The lowest BCUT2D eigenvalue weighted by Crippen LogP contribution is -2.30. The third-order valence-corrected chi connectivity index (χ3v) is 4.20. The first-order valence-corrected chi connectivity index (χ1v) is 8.38. The number of hydrogen-bond acceptors (Lipinski definition) is 4. The van der Waals surface area contributed by atoms with Crippen LogP contribution in [0.3, 0.4) is 0 Å². The van der Waals surface area contributed by atoms with Gasteiger partial charge >= 0.3 is 5.97 Å². The van der Waals surface area contributed by atoms with Crippen molar-refractivity contribution in [3.63, 3.8) is 0 Å². The molecule has 0 unspecified atom stereocenters. The van der Waals surface area contributed by atoms with Gasteiger partial charge in [-0.25, -0.2) is 4.79 Å². The van der Waals surface area contributed by atoms with Crippen LogP contribution < -0.4 is 5.32 Å². The van der Waals surface area contributed by atoms with Crippen molar-refractivity contribution in [1.29, 1.82) is 0 Å². The van der Waals surface area contributed by atoms with E-state index >= 15 is 0 Å². The number of thioether (sulfide) groups is 1. The van der Waals surface area contributed by atoms with Crippen molar-refractivity contribution in [3.05, 3.63) is 52.8 Å². The van der Waals surface area contributed by atoms with E-state index < -0.39 is 5.97 Å². The van der Waals surface area contributed by atoms with Crippen LogP contribution in [0.1, 0.15) is 10.5 Å². The molecule has 5 nitrogen and oxygen atoms in total. The number of halogens is 1. The lowest BCUT2D eigenvalue weighted by molar-refractivity contribution is -0.124. The molecular formula is C15H15BrN2O3S. The van der Waals surface area contributed by atoms with E-state index in [4.69, 9.17) is 4.74 Å². The van der Waals surface area contributed by atoms with Gasteiger partial charge in [-0.3, -0.25) is 4.79 Å². The molecular weight excluding hydrogens is 368 g/mol. The van der Waals surface area contributed by atoms with Crippen molar-refractivity contribution >= 4 is 39.6 Å². The van der Waals surface area contributed by atoms with Crippen molar-refractivity contribution in [2.24, 2.45) is 0 Å². The van der Waals surface area contributed by atoms with Crippen molar-refractivity contribution in [2.45, 2.75) is 4.90 Å². The van der Waals surface area contributed by atoms with Gasteiger partial charge in [0.25, 0.3) is 5.91 Å². The molecule has 0 saturated carbocycles. The number of carbonyl (C=O) groups excluding carboxylic acids is 2. The fraction of sp³-hybridized carbons (Fsp3) is 0.200. The molecule has 116 valence electrons. The molecule has 1 heterocycles. The largest absolute Gasteiger partial charge is 0.451 e. The predicted octanol–water partition coefficient (Wildman–Crippen LogP) is 2.84. The van der Waals surface area contributed by atoms with E-state index in [1.165, 1.54) is 0 Å². The van der Waals surface area contributed by atoms with Gasteiger partial charge in [-0.2, -0.15) is 0 Å². The molecule has 1 amide bonds. The van der Waals surface area contributed by atoms with Gasteiger partial charge < -0.3 is 15.0 Å². The Morgan fingerprint density at radius 3 is 2.68 bits per heavy atom. The van der Waals surface area contributed by atoms with E-state index in [0.717, 1.165) is 15.1 Å². The van der Waals surface area contributed by atoms with Gasteiger partial charge in [-0.05, 0) is 36.4 Å². The maximum atomic E-state index is 11.6. The molecule has 2 N–H and O–H groups in total. The Morgan fingerprint density at radius 2 is 2.00 bits per heavy atom. The fourth-order valence-electron chi connectivity index (χ4n) is 1.61. The molecule has 0 fully saturated rings. The smallest absolute Gasteiger partial charge is 0.355 e. The van der Waals surface area contributed by atoms with Crippen LogP contribution in [-0.4, -0.2) is 35.8 Å². The number of carbonyl (C=O) groups is 2. The van der Waals surface area contributed by atoms with E-state index in [-0.39, 0.29) is 12.5 Å². The van der Waals surface area contributed by atoms with Gasteiger partial charge in [-0.15, -0.1) is 11.8 Å². The molecule has 22 heavy (non-hydrogen) atoms. The Bertz CT molecular complexity index is 614. The van der Waals surface area contributed by atoms with Gasteiger partial charge in [0.15, 0.2) is 6.61 Å². The molecule has 1 aromatic heterocycles. The van der Waals surface area contributed by atoms with Crippen LogP contribution in [0.4, 0.5) is 0 Å². The molecule has 0 atom stereocenters. The van der Waals surface area contributed by atoms with Crippen LogP contribution in [-0.2, 0) is 9.53 Å². The summed E-state index contributed by atoms with van der Waals surface area (Å²) in [6.07, 6.45) is 1.62. The summed E-state index contributed by atoms with van der Waals surface area (Å²) in [6, 6.07) is 11.2. The predicted molar refractivity (Wildman–Crippen MR) is 89.0 cm³/mol. The summed E-state index contributed by atoms with van der Waals surface area (Å²) in [5.41, 5.74) is 0.332. The first-order valence-electron chi connectivity index (χ1n) is 6.61. The van der Waals surface area contributed by atoms with Crippen molar-refractivity contribution < 1.29 is 14.3 Å². The van der Waals surface area contributed by atoms with E-state index in [9.17, 15) is 9.59 Å². The average molecular weight is 383 g/mol. The highest BCUT2D eigenvalue weighted by molar-refractivity contribution is 9.10. The summed E-state index contributed by atoms with van der Waals surface area (Å²) in [7, 11) is 0. The van der Waals surface area contributed by atoms with Crippen LogP contribution in [0, 0.1) is 0 Å². The minimum absolute atomic E-state index is 0.277. The van der Waals surface area contributed by atoms with E-state index in [1.807, 2.05) is 24.3 Å². The fourth-order valence-corrected chi connectivity index (χ4v) is 2.64. The van der Waals surface area contributed by atoms with Gasteiger partial charge in [-0.1, -0.05) is 15.9 Å². The maximum Gasteiger partial charge on any atom is 0.355 e. The third-order valence-electron chi connectivity index (χ3n) is 2.66. The molecule has 0 saturated heterocycles. The molecule has 1 aromatic carbocycles. The zero-order valence-electron chi connectivity index (χ0n) is 11.7. The molecule has 0 radical (unpaired) electrons. The number of aromatic nitrogens is 1. The average Bonchev–Trinajstić information content (AvgIpc) is 3.05. The van der Waals surface area contributed by atoms with Gasteiger partial charge in [0.1, 0.15) is 5.69 Å². The van der Waals surface area contributed by atoms with Gasteiger partial charge in [0.05, 0.1) is 0 Å². The van der Waals surface area contributed by atoms with Crippen LogP contribution in [0.2, 0.25) is 0 Å². The minimum Gasteiger partial charge on any atom is -0.451 e. The lowest BCUT2D eigenvalue weighted by atomic mass is 10.4. The second-order valence-corrected chi connectivity index (χ2v) is 6.40. The number of H-pyrrole nitrogens is 1. The topological polar surface area (TPSA) is 71.2 Å². The molecule has 0 aliphatic heterocycles. The van der Waals surface area contributed by atoms with Crippen LogP contribution in [0.5, 0.6) is 0 Å². The monoisotopic (exact) mass is 382 g/mol. The minimum atomic E-state index is -0.538. The Morgan fingerprint density at radius 1 is 1.23 bits per heavy atom. The third kappa shape index (κ3) is 5.57. The number of ether oxygens (including phenoxy) is 1. The second kappa shape index (κ2) is 8.65. The first-order chi connectivity index (χ1) is 10.6. The van der Waals surface area contributed by atoms with Gasteiger partial charge in [0, 0.05) is 27.9 Å². The molecule has 7 heteroatoms. The molecule has 2 rings (SSSR count). The quantitative estimate of drug-likeness (QED) is 0.438. The van der Waals surface area contributed by atoms with Crippen LogP contribution in [0.25, 0.3) is 0 Å². The highest BCUT2D eigenvalue weighted by Crippen LogP contribution is 2.19. The standard InChI is InChI=1S/C15H15BrN2O3S/c16-11-3-5-12(6-4-11)22-9-8-18-14(19)10-21-15(20)13-2-1-7-17-13/h1-7,17H,8-10H2,(H,18,19). The zero-order chi connectivity index (χ0) is 15.8. The van der Waals surface area contributed by atoms with E-state index in [0.29, 0.717) is 12.2 Å². The number of amides is 1. The number of hydrogen-bond donors (Lipinski definition) is 2. The van der Waals surface area contributed by atoms with E-state index in [2.05, 4.69) is 26.2 Å². The Balaban J connectivity index is 1.59. The molecule has 2 aromatic rings. The lowest BCUT2D eigenvalue weighted by Gasteiger charge is -2.06. The SMILES string of the molecule is O=C(COC(=O)c1ccc[nH]1)NCCSc1ccc(Br)cc1. The summed E-state index contributed by atoms with van der Waals surface area (Å²) in [6.45, 7) is 0.237. The number of esters is 1. The molecule has 0 bridgehead atoms. The summed E-state index contributed by atoms with van der Waals surface area (Å²) >= 11 is 5.02. The summed E-state index contributed by atoms with van der Waals surface area (Å²) < 4.78 is 5.92. The Labute approximate surface area is 140 Å². The maximum absolute atomic E-state index is 11.6. The molecule has 0 aliphatic rings. The second-order valence-electron chi connectivity index (χ2n) is 4.31. The Kier molecular flexibility index (Phi) is 6.54. The van der Waals surface area contributed by atoms with Crippen LogP contribution in [0.15, 0.2) is 52.0 Å².